The molecule has 6 nitrogen and oxygen atoms in total. The lowest BCUT2D eigenvalue weighted by atomic mass is 9.96. The van der Waals surface area contributed by atoms with Gasteiger partial charge in [0, 0.05) is 19.6 Å². The van der Waals surface area contributed by atoms with Crippen LogP contribution < -0.4 is 11.1 Å². The molecule has 132 valence electrons. The van der Waals surface area contributed by atoms with Crippen molar-refractivity contribution in [2.75, 3.05) is 39.3 Å². The second-order valence-electron chi connectivity index (χ2n) is 7.32. The van der Waals surface area contributed by atoms with E-state index >= 15 is 0 Å². The molecule has 2 aliphatic rings. The van der Waals surface area contributed by atoms with E-state index in [1.54, 1.807) is 0 Å². The number of amides is 2. The number of hydrogen-bond acceptors (Lipinski definition) is 4. The maximum Gasteiger partial charge on any atom is 0.241 e. The van der Waals surface area contributed by atoms with E-state index < -0.39 is 6.04 Å². The van der Waals surface area contributed by atoms with Gasteiger partial charge >= 0.3 is 0 Å². The highest BCUT2D eigenvalue weighted by Gasteiger charge is 2.26. The molecule has 0 saturated carbocycles. The van der Waals surface area contributed by atoms with Crippen LogP contribution >= 0.6 is 0 Å². The zero-order valence-corrected chi connectivity index (χ0v) is 14.6. The quantitative estimate of drug-likeness (QED) is 0.742. The molecule has 2 fully saturated rings. The van der Waals surface area contributed by atoms with Crippen molar-refractivity contribution in [1.29, 1.82) is 0 Å². The summed E-state index contributed by atoms with van der Waals surface area (Å²) >= 11 is 0. The SMILES string of the molecule is CC(C)[C@H](N)C(=O)NCC(=O)N1CCC(CN2CCCC2)CC1. The molecule has 2 rings (SSSR count). The van der Waals surface area contributed by atoms with Crippen molar-refractivity contribution in [3.63, 3.8) is 0 Å². The Morgan fingerprint density at radius 2 is 1.74 bits per heavy atom. The topological polar surface area (TPSA) is 78.7 Å². The van der Waals surface area contributed by atoms with Crippen molar-refractivity contribution in [3.8, 4) is 0 Å². The van der Waals surface area contributed by atoms with Gasteiger partial charge in [0.05, 0.1) is 12.6 Å². The summed E-state index contributed by atoms with van der Waals surface area (Å²) in [6.07, 6.45) is 4.80. The lowest BCUT2D eigenvalue weighted by Crippen LogP contribution is -2.49. The molecule has 0 bridgehead atoms. The minimum atomic E-state index is -0.547. The first-order valence-electron chi connectivity index (χ1n) is 9.00. The van der Waals surface area contributed by atoms with Gasteiger partial charge in [-0.1, -0.05) is 13.8 Å². The molecule has 0 unspecified atom stereocenters. The number of piperidine rings is 1. The lowest BCUT2D eigenvalue weighted by molar-refractivity contribution is -0.134. The van der Waals surface area contributed by atoms with Gasteiger partial charge < -0.3 is 20.9 Å². The van der Waals surface area contributed by atoms with Crippen LogP contribution in [-0.4, -0.2) is 66.9 Å². The molecule has 0 radical (unpaired) electrons. The van der Waals surface area contributed by atoms with Crippen LogP contribution in [0.1, 0.15) is 39.5 Å². The summed E-state index contributed by atoms with van der Waals surface area (Å²) in [5, 5.41) is 2.67. The fourth-order valence-corrected chi connectivity index (χ4v) is 3.39. The molecule has 3 N–H and O–H groups in total. The number of nitrogens with one attached hydrogen (secondary N) is 1. The predicted molar refractivity (Wildman–Crippen MR) is 90.8 cm³/mol. The van der Waals surface area contributed by atoms with Gasteiger partial charge in [-0.2, -0.15) is 0 Å². The van der Waals surface area contributed by atoms with E-state index in [-0.39, 0.29) is 24.3 Å². The molecule has 0 aromatic carbocycles. The molecule has 2 aliphatic heterocycles. The van der Waals surface area contributed by atoms with Gasteiger partial charge in [0.15, 0.2) is 0 Å². The van der Waals surface area contributed by atoms with E-state index in [0.29, 0.717) is 5.92 Å². The van der Waals surface area contributed by atoms with E-state index in [1.807, 2.05) is 18.7 Å². The molecule has 2 saturated heterocycles. The molecule has 0 aromatic heterocycles. The summed E-state index contributed by atoms with van der Waals surface area (Å²) < 4.78 is 0. The number of nitrogens with zero attached hydrogens (tertiary/aromatic N) is 2. The second-order valence-corrected chi connectivity index (χ2v) is 7.32. The highest BCUT2D eigenvalue weighted by atomic mass is 16.2. The van der Waals surface area contributed by atoms with Crippen LogP contribution in [-0.2, 0) is 9.59 Å². The normalized spacial score (nSPS) is 21.7. The van der Waals surface area contributed by atoms with Crippen molar-refractivity contribution in [1.82, 2.24) is 15.1 Å². The molecular weight excluding hydrogens is 292 g/mol. The van der Waals surface area contributed by atoms with Gasteiger partial charge in [0.1, 0.15) is 0 Å². The van der Waals surface area contributed by atoms with Gasteiger partial charge in [-0.3, -0.25) is 9.59 Å². The van der Waals surface area contributed by atoms with Crippen molar-refractivity contribution >= 4 is 11.8 Å². The molecule has 2 amide bonds. The van der Waals surface area contributed by atoms with Crippen LogP contribution in [0.25, 0.3) is 0 Å². The number of carbonyl (C=O) groups is 2. The Morgan fingerprint density at radius 1 is 1.13 bits per heavy atom. The van der Waals surface area contributed by atoms with Gasteiger partial charge in [-0.05, 0) is 50.6 Å². The molecule has 0 spiro atoms. The first-order valence-corrected chi connectivity index (χ1v) is 9.00. The van der Waals surface area contributed by atoms with Crippen molar-refractivity contribution < 1.29 is 9.59 Å². The van der Waals surface area contributed by atoms with E-state index in [1.165, 1.54) is 32.5 Å². The van der Waals surface area contributed by atoms with Crippen LogP contribution in [0.2, 0.25) is 0 Å². The Labute approximate surface area is 139 Å². The van der Waals surface area contributed by atoms with E-state index in [4.69, 9.17) is 5.73 Å². The number of hydrogen-bond donors (Lipinski definition) is 2. The average molecular weight is 324 g/mol. The lowest BCUT2D eigenvalue weighted by Gasteiger charge is -2.34. The number of carbonyl (C=O) groups excluding carboxylic acids is 2. The smallest absolute Gasteiger partial charge is 0.241 e. The summed E-state index contributed by atoms with van der Waals surface area (Å²) in [5.74, 6) is 0.554. The highest BCUT2D eigenvalue weighted by molar-refractivity contribution is 5.87. The highest BCUT2D eigenvalue weighted by Crippen LogP contribution is 2.20. The minimum Gasteiger partial charge on any atom is -0.346 e. The van der Waals surface area contributed by atoms with Gasteiger partial charge in [0.25, 0.3) is 0 Å². The van der Waals surface area contributed by atoms with Crippen molar-refractivity contribution in [2.24, 2.45) is 17.6 Å². The molecule has 6 heteroatoms. The zero-order valence-electron chi connectivity index (χ0n) is 14.6. The Bertz CT molecular complexity index is 399. The van der Waals surface area contributed by atoms with Crippen LogP contribution in [0.5, 0.6) is 0 Å². The number of rotatable bonds is 6. The minimum absolute atomic E-state index is 0.00827. The van der Waals surface area contributed by atoms with E-state index in [0.717, 1.165) is 25.9 Å². The maximum absolute atomic E-state index is 12.2. The molecule has 1 atom stereocenters. The zero-order chi connectivity index (χ0) is 16.8. The van der Waals surface area contributed by atoms with E-state index in [9.17, 15) is 9.59 Å². The fraction of sp³-hybridized carbons (Fsp3) is 0.882. The predicted octanol–water partition coefficient (Wildman–Crippen LogP) is 0.420. The monoisotopic (exact) mass is 324 g/mol. The Hall–Kier alpha value is -1.14. The number of nitrogens with two attached hydrogens (primary N) is 1. The van der Waals surface area contributed by atoms with Crippen molar-refractivity contribution in [2.45, 2.75) is 45.6 Å². The Balaban J connectivity index is 1.66. The number of likely N-dealkylation sites (tertiary alicyclic amines) is 2. The van der Waals surface area contributed by atoms with Crippen molar-refractivity contribution in [3.05, 3.63) is 0 Å². The fourth-order valence-electron chi connectivity index (χ4n) is 3.39. The second kappa shape index (κ2) is 8.64. The molecule has 2 heterocycles. The third-order valence-electron chi connectivity index (χ3n) is 5.12. The van der Waals surface area contributed by atoms with Gasteiger partial charge in [-0.25, -0.2) is 0 Å². The van der Waals surface area contributed by atoms with Crippen LogP contribution in [0, 0.1) is 11.8 Å². The van der Waals surface area contributed by atoms with Gasteiger partial charge in [0.2, 0.25) is 11.8 Å². The molecular formula is C17H32N4O2. The maximum atomic E-state index is 12.2. The average Bonchev–Trinajstić information content (AvgIpc) is 3.05. The van der Waals surface area contributed by atoms with E-state index in [2.05, 4.69) is 10.2 Å². The molecule has 23 heavy (non-hydrogen) atoms. The summed E-state index contributed by atoms with van der Waals surface area (Å²) in [6, 6.07) is -0.547. The standard InChI is InChI=1S/C17H32N4O2/c1-13(2)16(18)17(23)19-11-15(22)21-9-5-14(6-10-21)12-20-7-3-4-8-20/h13-14,16H,3-12,18H2,1-2H3,(H,19,23)/t16-/m0/s1. The van der Waals surface area contributed by atoms with Crippen LogP contribution in [0.4, 0.5) is 0 Å². The largest absolute Gasteiger partial charge is 0.346 e. The molecule has 0 aliphatic carbocycles. The van der Waals surface area contributed by atoms with Gasteiger partial charge in [-0.15, -0.1) is 0 Å². The Morgan fingerprint density at radius 3 is 2.30 bits per heavy atom. The first-order chi connectivity index (χ1) is 11.0. The summed E-state index contributed by atoms with van der Waals surface area (Å²) in [6.45, 7) is 9.14. The van der Waals surface area contributed by atoms with Crippen LogP contribution in [0.15, 0.2) is 0 Å². The summed E-state index contributed by atoms with van der Waals surface area (Å²) in [4.78, 5) is 28.4. The third kappa shape index (κ3) is 5.46. The summed E-state index contributed by atoms with van der Waals surface area (Å²) in [7, 11) is 0. The summed E-state index contributed by atoms with van der Waals surface area (Å²) in [5.41, 5.74) is 5.78. The van der Waals surface area contributed by atoms with Crippen LogP contribution in [0.3, 0.4) is 0 Å². The molecule has 0 aromatic rings. The third-order valence-corrected chi connectivity index (χ3v) is 5.12. The Kier molecular flexibility index (Phi) is 6.84. The first kappa shape index (κ1) is 18.2.